The van der Waals surface area contributed by atoms with Gasteiger partial charge in [0.15, 0.2) is 0 Å². The third kappa shape index (κ3) is 5.62. The van der Waals surface area contributed by atoms with Gasteiger partial charge in [0.25, 0.3) is 0 Å². The summed E-state index contributed by atoms with van der Waals surface area (Å²) in [5, 5.41) is 0. The van der Waals surface area contributed by atoms with Crippen LogP contribution in [0.1, 0.15) is 0 Å². The van der Waals surface area contributed by atoms with E-state index in [9.17, 15) is 13.2 Å². The average Bonchev–Trinajstić information content (AvgIpc) is 1.58. The quantitative estimate of drug-likeness (QED) is 0.560. The molecule has 0 aromatic carbocycles. The molecule has 10 heavy (non-hydrogen) atoms. The zero-order valence-corrected chi connectivity index (χ0v) is 5.89. The number of rotatable bonds is 2. The lowest BCUT2D eigenvalue weighted by molar-refractivity contribution is 0.155. The van der Waals surface area contributed by atoms with Crippen LogP contribution in [0.4, 0.5) is 4.79 Å². The molecule has 0 heterocycles. The van der Waals surface area contributed by atoms with Gasteiger partial charge in [-0.25, -0.2) is 4.79 Å². The maximum atomic E-state index is 9.91. The van der Waals surface area contributed by atoms with Gasteiger partial charge in [-0.1, -0.05) is 0 Å². The predicted molar refractivity (Wildman–Crippen MR) is 29.1 cm³/mol. The Labute approximate surface area is 60.3 Å². The van der Waals surface area contributed by atoms with Crippen LogP contribution < -0.4 is 0 Å². The highest BCUT2D eigenvalue weighted by Crippen LogP contribution is 1.88. The largest absolute Gasteiger partial charge is 0.540 e. The minimum absolute atomic E-state index is 1.69. The van der Waals surface area contributed by atoms with Gasteiger partial charge in [0.1, 0.15) is 0 Å². The van der Waals surface area contributed by atoms with Gasteiger partial charge in [-0.2, -0.15) is 8.42 Å². The Morgan fingerprint density at radius 2 is 1.40 bits per heavy atom. The predicted octanol–water partition coefficient (Wildman–Crippen LogP) is -0.587. The minimum atomic E-state index is -2.83. The Hall–Kier alpha value is -0.510. The molecule has 0 rings (SSSR count). The van der Waals surface area contributed by atoms with Crippen LogP contribution in [0.3, 0.4) is 0 Å². The van der Waals surface area contributed by atoms with Crippen molar-refractivity contribution in [1.82, 2.24) is 0 Å². The lowest BCUT2D eigenvalue weighted by atomic mass is 11.5. The highest BCUT2D eigenvalue weighted by atomic mass is 32.2. The van der Waals surface area contributed by atoms with E-state index in [0.29, 0.717) is 0 Å². The molecule has 0 bridgehead atoms. The van der Waals surface area contributed by atoms with E-state index in [4.69, 9.17) is 9.11 Å². The van der Waals surface area contributed by atoms with Crippen molar-refractivity contribution in [2.75, 3.05) is 0 Å². The number of hydrogen-bond donors (Lipinski definition) is 2. The highest BCUT2D eigenvalue weighted by Gasteiger charge is 2.10. The van der Waals surface area contributed by atoms with Gasteiger partial charge in [-0.15, -0.1) is 0 Å². The Balaban J connectivity index is 3.65. The summed E-state index contributed by atoms with van der Waals surface area (Å²) in [7, 11) is 0. The monoisotopic (exact) mass is 190 g/mol. The van der Waals surface area contributed by atoms with Crippen molar-refractivity contribution in [3.05, 3.63) is 0 Å². The molecule has 0 radical (unpaired) electrons. The van der Waals surface area contributed by atoms with Crippen molar-refractivity contribution in [1.29, 1.82) is 0 Å². The first kappa shape index (κ1) is 9.49. The molecule has 0 spiro atoms. The maximum absolute atomic E-state index is 9.91. The third-order valence-corrected chi connectivity index (χ3v) is 0.836. The van der Waals surface area contributed by atoms with Crippen LogP contribution in [0, 0.1) is 0 Å². The van der Waals surface area contributed by atoms with Crippen LogP contribution in [0.5, 0.6) is 0 Å². The summed E-state index contributed by atoms with van der Waals surface area (Å²) in [5.74, 6) is 0. The number of carbonyl (C=O) groups is 1. The van der Waals surface area contributed by atoms with Crippen molar-refractivity contribution in [3.63, 3.8) is 0 Å². The first-order chi connectivity index (χ1) is 4.52. The fraction of sp³-hybridized carbons (Fsp3) is 0. The standard InChI is InChI=1S/CH2O7S2/c2-1(7-9(3)4)8-10(5)6/h(H,3,4)(H,5,6). The van der Waals surface area contributed by atoms with Gasteiger partial charge >= 0.3 is 28.9 Å². The molecular formula is CH2O7S2. The normalized spacial score (nSPS) is 15.4. The SMILES string of the molecule is O=C(OS(=O)O)OS(=O)O. The van der Waals surface area contributed by atoms with Gasteiger partial charge in [0.05, 0.1) is 0 Å². The van der Waals surface area contributed by atoms with Crippen LogP contribution in [0.15, 0.2) is 0 Å². The lowest BCUT2D eigenvalue weighted by Gasteiger charge is -1.93. The zero-order valence-electron chi connectivity index (χ0n) is 4.25. The van der Waals surface area contributed by atoms with E-state index in [0.717, 1.165) is 0 Å². The van der Waals surface area contributed by atoms with Crippen molar-refractivity contribution < 1.29 is 30.7 Å². The lowest BCUT2D eigenvalue weighted by Crippen LogP contribution is -2.09. The molecule has 0 aliphatic rings. The topological polar surface area (TPSA) is 110 Å². The Kier molecular flexibility index (Phi) is 4.11. The maximum Gasteiger partial charge on any atom is 0.540 e. The highest BCUT2D eigenvalue weighted by molar-refractivity contribution is 7.75. The summed E-state index contributed by atoms with van der Waals surface area (Å²) in [6.45, 7) is 0. The van der Waals surface area contributed by atoms with Crippen molar-refractivity contribution in [2.24, 2.45) is 0 Å². The molecule has 0 aliphatic carbocycles. The van der Waals surface area contributed by atoms with E-state index in [-0.39, 0.29) is 0 Å². The van der Waals surface area contributed by atoms with Gasteiger partial charge in [-0.3, -0.25) is 9.11 Å². The van der Waals surface area contributed by atoms with E-state index in [2.05, 4.69) is 8.37 Å². The average molecular weight is 190 g/mol. The molecule has 2 atom stereocenters. The zero-order chi connectivity index (χ0) is 8.15. The van der Waals surface area contributed by atoms with Gasteiger partial charge < -0.3 is 8.37 Å². The summed E-state index contributed by atoms with van der Waals surface area (Å²) >= 11 is -5.66. The van der Waals surface area contributed by atoms with E-state index in [1.165, 1.54) is 0 Å². The smallest absolute Gasteiger partial charge is 0.309 e. The van der Waals surface area contributed by atoms with Crippen LogP contribution in [0.2, 0.25) is 0 Å². The Bertz CT molecular complexity index is 154. The molecule has 0 aliphatic heterocycles. The fourth-order valence-corrected chi connectivity index (χ4v) is 0.474. The fourth-order valence-electron chi connectivity index (χ4n) is 0.130. The second-order valence-electron chi connectivity index (χ2n) is 0.851. The van der Waals surface area contributed by atoms with Crippen molar-refractivity contribution >= 4 is 28.9 Å². The van der Waals surface area contributed by atoms with Crippen LogP contribution in [0.25, 0.3) is 0 Å². The Morgan fingerprint density at radius 3 is 1.60 bits per heavy atom. The minimum Gasteiger partial charge on any atom is -0.309 e. The molecule has 0 saturated heterocycles. The number of carbonyl (C=O) groups excluding carboxylic acids is 1. The van der Waals surface area contributed by atoms with Gasteiger partial charge in [-0.05, 0) is 0 Å². The first-order valence-electron chi connectivity index (χ1n) is 1.64. The Morgan fingerprint density at radius 1 is 1.10 bits per heavy atom. The van der Waals surface area contributed by atoms with Crippen LogP contribution in [-0.4, -0.2) is 23.7 Å². The summed E-state index contributed by atoms with van der Waals surface area (Å²) < 4.78 is 41.6. The molecular weight excluding hydrogens is 188 g/mol. The van der Waals surface area contributed by atoms with Crippen LogP contribution in [-0.2, 0) is 31.1 Å². The molecule has 0 amide bonds. The molecule has 9 heteroatoms. The second-order valence-corrected chi connectivity index (χ2v) is 2.05. The molecule has 0 aromatic heterocycles. The van der Waals surface area contributed by atoms with E-state index in [1.807, 2.05) is 0 Å². The molecule has 0 saturated carbocycles. The molecule has 0 fully saturated rings. The molecule has 7 nitrogen and oxygen atoms in total. The summed E-state index contributed by atoms with van der Waals surface area (Å²) in [5.41, 5.74) is 0. The number of hydrogen-bond acceptors (Lipinski definition) is 5. The van der Waals surface area contributed by atoms with E-state index >= 15 is 0 Å². The summed E-state index contributed by atoms with van der Waals surface area (Å²) in [6.07, 6.45) is -1.69. The van der Waals surface area contributed by atoms with Gasteiger partial charge in [0, 0.05) is 0 Å². The van der Waals surface area contributed by atoms with Gasteiger partial charge in [0.2, 0.25) is 0 Å². The third-order valence-electron chi connectivity index (χ3n) is 0.279. The summed E-state index contributed by atoms with van der Waals surface area (Å²) in [6, 6.07) is 0. The van der Waals surface area contributed by atoms with Crippen molar-refractivity contribution in [3.8, 4) is 0 Å². The van der Waals surface area contributed by atoms with Crippen LogP contribution >= 0.6 is 0 Å². The summed E-state index contributed by atoms with van der Waals surface area (Å²) in [4.78, 5) is 9.91. The first-order valence-corrected chi connectivity index (χ1v) is 3.71. The molecule has 0 aromatic rings. The van der Waals surface area contributed by atoms with E-state index in [1.54, 1.807) is 0 Å². The molecule has 2 N–H and O–H groups in total. The van der Waals surface area contributed by atoms with E-state index < -0.39 is 28.9 Å². The van der Waals surface area contributed by atoms with Crippen molar-refractivity contribution in [2.45, 2.75) is 0 Å². The second kappa shape index (κ2) is 4.33. The molecule has 60 valence electrons. The molecule has 2 unspecified atom stereocenters.